The van der Waals surface area contributed by atoms with Crippen molar-refractivity contribution in [1.29, 1.82) is 0 Å². The third kappa shape index (κ3) is 22.1. The van der Waals surface area contributed by atoms with Gasteiger partial charge in [-0.1, -0.05) is 279 Å². The van der Waals surface area contributed by atoms with Crippen LogP contribution in [-0.4, -0.2) is 144 Å². The Morgan fingerprint density at radius 2 is 0.649 bits per heavy atom. The molecule has 11 rings (SSSR count). The number of hydrogen-bond donors (Lipinski definition) is 0. The van der Waals surface area contributed by atoms with Crippen molar-refractivity contribution >= 4 is 8.32 Å². The highest BCUT2D eigenvalue weighted by atomic mass is 28.4. The van der Waals surface area contributed by atoms with Crippen LogP contribution in [0.2, 0.25) is 16.6 Å². The highest BCUT2D eigenvalue weighted by Gasteiger charge is 2.59. The monoisotopic (exact) mass is 1530 g/mol. The summed E-state index contributed by atoms with van der Waals surface area (Å²) in [5.74, 6) is 0. The molecule has 0 bridgehead atoms. The van der Waals surface area contributed by atoms with E-state index in [0.717, 1.165) is 38.9 Å². The molecule has 3 aliphatic heterocycles. The molecule has 19 atom stereocenters. The number of azide groups is 5. The molecule has 4 aliphatic rings. The van der Waals surface area contributed by atoms with Crippen molar-refractivity contribution in [2.45, 2.75) is 227 Å². The lowest BCUT2D eigenvalue weighted by atomic mass is 9.83. The predicted molar refractivity (Wildman–Crippen MR) is 414 cm³/mol. The zero-order valence-corrected chi connectivity index (χ0v) is 64.1. The van der Waals surface area contributed by atoms with Gasteiger partial charge in [0.15, 0.2) is 27.2 Å². The third-order valence-corrected chi connectivity index (χ3v) is 26.7. The smallest absolute Gasteiger partial charge is 0.200 e. The summed E-state index contributed by atoms with van der Waals surface area (Å²) in [6.45, 7) is 12.9. The molecule has 0 N–H and O–H groups in total. The Morgan fingerprint density at radius 3 is 1.04 bits per heavy atom. The fourth-order valence-electron chi connectivity index (χ4n) is 15.5. The highest BCUT2D eigenvalue weighted by Crippen LogP contribution is 2.45. The lowest BCUT2D eigenvalue weighted by molar-refractivity contribution is -0.322. The summed E-state index contributed by atoms with van der Waals surface area (Å²) in [6, 6.07) is 61.2. The van der Waals surface area contributed by atoms with Gasteiger partial charge >= 0.3 is 0 Å². The molecular formula is C81H97N15O14Si. The molecule has 0 spiro atoms. The predicted octanol–water partition coefficient (Wildman–Crippen LogP) is 17.7. The van der Waals surface area contributed by atoms with E-state index in [4.69, 9.17) is 66.0 Å². The van der Waals surface area contributed by atoms with Crippen molar-refractivity contribution in [3.63, 3.8) is 0 Å². The number of nitrogens with zero attached hydrogens (tertiary/aromatic N) is 15. The highest BCUT2D eigenvalue weighted by molar-refractivity contribution is 6.77. The molecule has 0 amide bonds. The van der Waals surface area contributed by atoms with Gasteiger partial charge in [-0.05, 0) is 89.6 Å². The molecule has 111 heavy (non-hydrogen) atoms. The molecule has 0 aromatic heterocycles. The van der Waals surface area contributed by atoms with Gasteiger partial charge in [-0.15, -0.1) is 0 Å². The lowest BCUT2D eigenvalue weighted by Crippen LogP contribution is -2.65. The summed E-state index contributed by atoms with van der Waals surface area (Å²) in [7, 11) is -2.71. The van der Waals surface area contributed by atoms with Crippen molar-refractivity contribution in [3.8, 4) is 0 Å². The molecule has 1 aliphatic carbocycles. The average molecular weight is 1530 g/mol. The molecule has 584 valence electrons. The summed E-state index contributed by atoms with van der Waals surface area (Å²) in [6.07, 6.45) is -19.2. The SMILES string of the molecule is CC(C)[Si](OCC1O[C@H](O[C@@H]2C(N=[N+]=[N-])C[C@@H](N=[N+]=[N-])C(OCc3ccccc3)[C@H]2O[C@@H]2O[C@H](COCc3ccccc3)[C@H](O[C@H]3O[C@@H](CN=[N+]=[N-])[C@@H](OCc4ccccc4)C(OCc4ccccc4)C3N=[N+]=[N-])C2OCc2ccccc2)C(N=[N+]=[N-])[C@H](OCc2ccccc2)[C@@H]1OCc1ccccc1)(C(C)C)C(C)C. The van der Waals surface area contributed by atoms with E-state index in [-0.39, 0.29) is 89.1 Å². The first-order valence-corrected chi connectivity index (χ1v) is 39.8. The molecule has 7 aromatic rings. The van der Waals surface area contributed by atoms with Crippen molar-refractivity contribution in [2.75, 3.05) is 19.8 Å². The normalized spacial score (nSPS) is 27.2. The van der Waals surface area contributed by atoms with Crippen LogP contribution < -0.4 is 0 Å². The summed E-state index contributed by atoms with van der Waals surface area (Å²) in [4.78, 5) is 16.7. The fourth-order valence-corrected chi connectivity index (χ4v) is 21.0. The molecule has 3 saturated heterocycles. The van der Waals surface area contributed by atoms with Crippen LogP contribution in [-0.2, 0) is 112 Å². The molecule has 1 saturated carbocycles. The van der Waals surface area contributed by atoms with Gasteiger partial charge in [-0.3, -0.25) is 0 Å². The van der Waals surface area contributed by atoms with E-state index in [0.29, 0.717) is 0 Å². The van der Waals surface area contributed by atoms with E-state index in [1.54, 1.807) is 0 Å². The van der Waals surface area contributed by atoms with Crippen LogP contribution in [0, 0.1) is 0 Å². The second-order valence-electron chi connectivity index (χ2n) is 28.7. The van der Waals surface area contributed by atoms with E-state index >= 15 is 0 Å². The van der Waals surface area contributed by atoms with E-state index < -0.39 is 125 Å². The van der Waals surface area contributed by atoms with Crippen LogP contribution in [0.3, 0.4) is 0 Å². The van der Waals surface area contributed by atoms with Gasteiger partial charge in [0.2, 0.25) is 0 Å². The fraction of sp³-hybridized carbons (Fsp3) is 0.481. The van der Waals surface area contributed by atoms with E-state index in [9.17, 15) is 27.7 Å². The quantitative estimate of drug-likeness (QED) is 0.0149. The van der Waals surface area contributed by atoms with Crippen LogP contribution in [0.5, 0.6) is 0 Å². The van der Waals surface area contributed by atoms with Crippen LogP contribution in [0.25, 0.3) is 52.2 Å². The van der Waals surface area contributed by atoms with E-state index in [2.05, 4.69) is 91.7 Å². The maximum absolute atomic E-state index is 10.9. The standard InChI is InChI=1S/C81H97N15O14Si/c1-53(2)111(54(3)4,55(5)6)104-52-67-73(100-47-59-34-20-10-21-35-59)76(102-49-61-38-24-12-25-39-61)69(91-96-86)80(106-67)108-71-64(89-94-84)42-63(88-93-83)70(98-45-57-30-16-8-17-31-57)77(71)110-81-78(103-50-62-40-26-13-27-41-62)74(66(107-81)51-97-44-56-28-14-7-15-29-56)109-79-68(90-95-85)75(101-48-60-36-22-11-23-37-60)72(65(105-79)43-87-92-82)99-46-58-32-18-9-19-33-58/h7-41,53-55,63-81H,42-52H2,1-6H3/t63-,64?,65+,66-,67?,68?,69?,70?,71-,72-,73-,74+,75?,76+,77-,78?,79-,80-,81+/m1/s1. The Kier molecular flexibility index (Phi) is 31.6. The number of benzene rings is 7. The zero-order chi connectivity index (χ0) is 77.7. The molecular weight excluding hydrogens is 1440 g/mol. The van der Waals surface area contributed by atoms with Gasteiger partial charge in [0.05, 0.1) is 96.4 Å². The zero-order valence-electron chi connectivity index (χ0n) is 63.1. The Bertz CT molecular complexity index is 4180. The van der Waals surface area contributed by atoms with Gasteiger partial charge in [0, 0.05) is 24.6 Å². The number of hydrogen-bond acceptors (Lipinski definition) is 19. The Balaban J connectivity index is 1.05. The lowest BCUT2D eigenvalue weighted by Gasteiger charge is -2.50. The number of ether oxygens (including phenoxy) is 13. The maximum Gasteiger partial charge on any atom is 0.200 e. The largest absolute Gasteiger partial charge is 0.413 e. The first-order valence-electron chi connectivity index (χ1n) is 37.6. The van der Waals surface area contributed by atoms with Crippen molar-refractivity contribution in [1.82, 2.24) is 0 Å². The Morgan fingerprint density at radius 1 is 0.333 bits per heavy atom. The van der Waals surface area contributed by atoms with Crippen LogP contribution in [0.15, 0.2) is 238 Å². The minimum Gasteiger partial charge on any atom is -0.413 e. The summed E-state index contributed by atoms with van der Waals surface area (Å²) in [5.41, 5.74) is 58.9. The van der Waals surface area contributed by atoms with Crippen molar-refractivity contribution in [2.24, 2.45) is 25.6 Å². The topological polar surface area (TPSA) is 373 Å². The second kappa shape index (κ2) is 42.4. The maximum atomic E-state index is 10.9. The van der Waals surface area contributed by atoms with E-state index in [1.165, 1.54) is 0 Å². The molecule has 3 heterocycles. The first kappa shape index (κ1) is 82.7. The molecule has 0 radical (unpaired) electrons. The van der Waals surface area contributed by atoms with Gasteiger partial charge in [-0.2, -0.15) is 0 Å². The van der Waals surface area contributed by atoms with Gasteiger partial charge in [-0.25, -0.2) is 0 Å². The molecule has 7 aromatic carbocycles. The molecule has 30 heteroatoms. The molecule has 7 unspecified atom stereocenters. The minimum absolute atomic E-state index is 0.00926. The summed E-state index contributed by atoms with van der Waals surface area (Å²) < 4.78 is 99.9. The summed E-state index contributed by atoms with van der Waals surface area (Å²) >= 11 is 0. The van der Waals surface area contributed by atoms with Gasteiger partial charge in [0.25, 0.3) is 0 Å². The van der Waals surface area contributed by atoms with Crippen molar-refractivity contribution < 1.29 is 66.0 Å². The van der Waals surface area contributed by atoms with Gasteiger partial charge in [0.1, 0.15) is 67.0 Å². The Labute approximate surface area is 647 Å². The van der Waals surface area contributed by atoms with E-state index in [1.807, 2.05) is 212 Å². The minimum atomic E-state index is -2.71. The number of rotatable bonds is 40. The second-order valence-corrected chi connectivity index (χ2v) is 34.2. The summed E-state index contributed by atoms with van der Waals surface area (Å²) in [5, 5.41) is 21.6. The van der Waals surface area contributed by atoms with Crippen LogP contribution in [0.4, 0.5) is 0 Å². The van der Waals surface area contributed by atoms with Crippen LogP contribution in [0.1, 0.15) is 86.9 Å². The Hall–Kier alpha value is -9.25. The van der Waals surface area contributed by atoms with Crippen LogP contribution >= 0.6 is 0 Å². The average Bonchev–Trinajstić information content (AvgIpc) is 1.75. The molecule has 4 fully saturated rings. The van der Waals surface area contributed by atoms with Gasteiger partial charge < -0.3 is 66.0 Å². The van der Waals surface area contributed by atoms with Crippen molar-refractivity contribution in [3.05, 3.63) is 303 Å². The third-order valence-electron chi connectivity index (χ3n) is 20.7. The molecule has 29 nitrogen and oxygen atoms in total. The first-order chi connectivity index (χ1) is 54.3.